The van der Waals surface area contributed by atoms with Gasteiger partial charge in [0.2, 0.25) is 0 Å². The number of hydrogen-bond donors (Lipinski definition) is 1. The lowest BCUT2D eigenvalue weighted by Gasteiger charge is -1.48. The van der Waals surface area contributed by atoms with Crippen molar-refractivity contribution >= 4 is 12.6 Å². The van der Waals surface area contributed by atoms with Gasteiger partial charge in [0.25, 0.3) is 0 Å². The van der Waals surface area contributed by atoms with Gasteiger partial charge in [0.1, 0.15) is 0 Å². The van der Waals surface area contributed by atoms with E-state index in [1.807, 2.05) is 6.92 Å². The van der Waals surface area contributed by atoms with Crippen molar-refractivity contribution < 1.29 is 23.5 Å². The Bertz CT molecular complexity index is 10.4. The molecule has 0 bridgehead atoms. The van der Waals surface area contributed by atoms with E-state index in [1.165, 1.54) is 0 Å². The van der Waals surface area contributed by atoms with Gasteiger partial charge in [-0.3, -0.25) is 23.5 Å². The molecule has 0 saturated heterocycles. The average Bonchev–Trinajstić information content (AvgIpc) is 0.918. The summed E-state index contributed by atoms with van der Waals surface area (Å²) in [4.78, 5) is 0. The van der Waals surface area contributed by atoms with Crippen LogP contribution < -0.4 is 0 Å². The Morgan fingerprint density at radius 3 is 0.875 bits per heavy atom. The van der Waals surface area contributed by atoms with Crippen LogP contribution in [0.15, 0.2) is 0 Å². The van der Waals surface area contributed by atoms with E-state index in [4.69, 9.17) is 0 Å². The van der Waals surface area contributed by atoms with Gasteiger partial charge in [0.05, 0.1) is 0 Å². The Morgan fingerprint density at radius 2 is 0.875 bits per heavy atom. The molecule has 0 aliphatic rings. The third-order valence-electron chi connectivity index (χ3n) is 0. The Balaban J connectivity index is -0.00000000200. The number of halogens is 5. The highest BCUT2D eigenvalue weighted by Crippen LogP contribution is 1.58. The summed E-state index contributed by atoms with van der Waals surface area (Å²) in [7, 11) is 0. The van der Waals surface area contributed by atoms with Crippen molar-refractivity contribution in [1.82, 2.24) is 0 Å². The van der Waals surface area contributed by atoms with Gasteiger partial charge in [0, 0.05) is 0 Å². The zero-order chi connectivity index (χ0) is 2.71. The summed E-state index contributed by atoms with van der Waals surface area (Å²) in [6, 6.07) is 0. The van der Waals surface area contributed by atoms with Crippen molar-refractivity contribution in [2.45, 2.75) is 6.92 Å². The molecule has 6 heteroatoms. The van der Waals surface area contributed by atoms with Gasteiger partial charge in [-0.05, 0) is 5.75 Å². The first-order valence-corrected chi connectivity index (χ1v) is 1.66. The summed E-state index contributed by atoms with van der Waals surface area (Å²) < 4.78 is 0. The molecule has 0 unspecified atom stereocenters. The first-order chi connectivity index (χ1) is 1.41. The van der Waals surface area contributed by atoms with Crippen LogP contribution in [0.1, 0.15) is 6.92 Å². The molecule has 0 fully saturated rings. The smallest absolute Gasteiger partial charge is 0.0126 e. The highest BCUT2D eigenvalue weighted by molar-refractivity contribution is 7.80. The van der Waals surface area contributed by atoms with E-state index in [1.54, 1.807) is 0 Å². The topological polar surface area (TPSA) is 0 Å². The fraction of sp³-hybridized carbons (Fsp3) is 1.00. The molecule has 0 rings (SSSR count). The number of thiol groups is 1. The number of rotatable bonds is 0. The number of hydrogen-bond acceptors (Lipinski definition) is 1. The van der Waals surface area contributed by atoms with Gasteiger partial charge in [-0.25, -0.2) is 0 Å². The fourth-order valence-electron chi connectivity index (χ4n) is 0. The van der Waals surface area contributed by atoms with E-state index in [2.05, 4.69) is 12.6 Å². The molecular weight excluding hydrogens is 151 g/mol. The summed E-state index contributed by atoms with van der Waals surface area (Å²) in [6.45, 7) is 1.99. The van der Waals surface area contributed by atoms with E-state index in [0.29, 0.717) is 0 Å². The van der Waals surface area contributed by atoms with Gasteiger partial charge in [-0.2, -0.15) is 12.6 Å². The van der Waals surface area contributed by atoms with Gasteiger partial charge < -0.3 is 0 Å². The average molecular weight is 162 g/mol. The van der Waals surface area contributed by atoms with Crippen molar-refractivity contribution in [3.63, 3.8) is 0 Å². The summed E-state index contributed by atoms with van der Waals surface area (Å²) in [5.41, 5.74) is 0. The van der Waals surface area contributed by atoms with E-state index < -0.39 is 0 Å². The second kappa shape index (κ2) is 252. The molecule has 0 aliphatic carbocycles. The van der Waals surface area contributed by atoms with Crippen LogP contribution in [0.25, 0.3) is 0 Å². The lowest BCUT2D eigenvalue weighted by molar-refractivity contribution is 1.11. The predicted molar refractivity (Wildman–Crippen MR) is 32.0 cm³/mol. The molecule has 0 heterocycles. The molecule has 0 nitrogen and oxygen atoms in total. The third kappa shape index (κ3) is 48700000000000003748228099636985856. The van der Waals surface area contributed by atoms with Crippen molar-refractivity contribution in [2.24, 2.45) is 0 Å². The second-order valence-corrected chi connectivity index (χ2v) is 0.949. The van der Waals surface area contributed by atoms with Crippen LogP contribution in [0, 0.1) is 0 Å². The van der Waals surface area contributed by atoms with Crippen molar-refractivity contribution in [1.29, 1.82) is 0 Å². The Labute approximate surface area is 49.9 Å². The maximum Gasteiger partial charge on any atom is -0.0126 e. The Kier molecular flexibility index (Phi) is 3090. The van der Waals surface area contributed by atoms with Crippen LogP contribution in [-0.2, 0) is 0 Å². The maximum atomic E-state index is 3.79. The SMILES string of the molecule is CCS.F.F.F.F.F. The van der Waals surface area contributed by atoms with E-state index >= 15 is 0 Å². The molecule has 0 atom stereocenters. The molecule has 0 aromatic rings. The highest BCUT2D eigenvalue weighted by atomic mass is 32.1. The van der Waals surface area contributed by atoms with Crippen molar-refractivity contribution in [3.05, 3.63) is 0 Å². The van der Waals surface area contributed by atoms with Crippen molar-refractivity contribution in [2.75, 3.05) is 5.75 Å². The highest BCUT2D eigenvalue weighted by Gasteiger charge is 1.35. The molecule has 60 valence electrons. The minimum Gasteiger partial charge on any atom is -0.269 e. The molecule has 0 spiro atoms. The summed E-state index contributed by atoms with van der Waals surface area (Å²) >= 11 is 3.79. The molecule has 0 aromatic heterocycles. The second-order valence-electron chi connectivity index (χ2n) is 0.316. The summed E-state index contributed by atoms with van der Waals surface area (Å²) in [5, 5.41) is 0. The normalized spacial score (nSPS) is 2.25. The molecule has 0 saturated carbocycles. The van der Waals surface area contributed by atoms with E-state index in [9.17, 15) is 0 Å². The molecule has 0 amide bonds. The van der Waals surface area contributed by atoms with Gasteiger partial charge in [0.15, 0.2) is 0 Å². The molecule has 0 aromatic carbocycles. The van der Waals surface area contributed by atoms with Gasteiger partial charge in [-0.15, -0.1) is 0 Å². The largest absolute Gasteiger partial charge is 0.269 e. The quantitative estimate of drug-likeness (QED) is 0.406. The molecule has 0 N–H and O–H groups in total. The summed E-state index contributed by atoms with van der Waals surface area (Å²) in [6.07, 6.45) is 0. The predicted octanol–water partition coefficient (Wildman–Crippen LogP) is 1.70. The van der Waals surface area contributed by atoms with E-state index in [0.717, 1.165) is 5.75 Å². The zero-order valence-corrected chi connectivity index (χ0v) is 5.09. The molecular formula is C2H11F5S. The van der Waals surface area contributed by atoms with Crippen LogP contribution in [0.3, 0.4) is 0 Å². The van der Waals surface area contributed by atoms with Crippen molar-refractivity contribution in [3.8, 4) is 0 Å². The standard InChI is InChI=1S/C2H6S.5FH/c1-2-3;;;;;/h3H,2H2,1H3;5*1H. The van der Waals surface area contributed by atoms with Gasteiger partial charge >= 0.3 is 0 Å². The lowest BCUT2D eigenvalue weighted by Crippen LogP contribution is -1.36. The van der Waals surface area contributed by atoms with Crippen LogP contribution >= 0.6 is 12.6 Å². The van der Waals surface area contributed by atoms with Crippen LogP contribution in [0.4, 0.5) is 23.5 Å². The fourth-order valence-corrected chi connectivity index (χ4v) is 0. The first-order valence-electron chi connectivity index (χ1n) is 1.02. The third-order valence-corrected chi connectivity index (χ3v) is 0. The maximum absolute atomic E-state index is 3.79. The zero-order valence-electron chi connectivity index (χ0n) is 4.20. The first kappa shape index (κ1) is 98.0. The monoisotopic (exact) mass is 162 g/mol. The molecule has 8 heavy (non-hydrogen) atoms. The minimum absolute atomic E-state index is 0. The Morgan fingerprint density at radius 1 is 0.875 bits per heavy atom. The molecule has 0 aliphatic heterocycles. The molecule has 0 radical (unpaired) electrons. The minimum atomic E-state index is 0. The van der Waals surface area contributed by atoms with Crippen LogP contribution in [-0.4, -0.2) is 5.75 Å². The Hall–Kier alpha value is -0.0000000000000000555. The van der Waals surface area contributed by atoms with Gasteiger partial charge in [-0.1, -0.05) is 6.92 Å². The summed E-state index contributed by atoms with van der Waals surface area (Å²) in [5.74, 6) is 0.944. The van der Waals surface area contributed by atoms with Crippen LogP contribution in [0.5, 0.6) is 0 Å². The van der Waals surface area contributed by atoms with E-state index in [-0.39, 0.29) is 23.5 Å². The van der Waals surface area contributed by atoms with Crippen LogP contribution in [0.2, 0.25) is 0 Å². The lowest BCUT2D eigenvalue weighted by atomic mass is 11.0.